The zero-order valence-electron chi connectivity index (χ0n) is 15.2. The molecular formula is C18H19FN6O2S. The third-order valence-corrected chi connectivity index (χ3v) is 6.75. The van der Waals surface area contributed by atoms with Gasteiger partial charge in [0.15, 0.2) is 5.82 Å². The number of sulfonamides is 1. The van der Waals surface area contributed by atoms with Crippen molar-refractivity contribution in [2.75, 3.05) is 31.1 Å². The van der Waals surface area contributed by atoms with E-state index in [1.807, 2.05) is 11.0 Å². The smallest absolute Gasteiger partial charge is 0.243 e. The maximum atomic E-state index is 13.6. The second-order valence-corrected chi connectivity index (χ2v) is 8.39. The molecule has 0 aliphatic carbocycles. The lowest BCUT2D eigenvalue weighted by atomic mass is 10.2. The van der Waals surface area contributed by atoms with Crippen LogP contribution in [0.25, 0.3) is 5.82 Å². The van der Waals surface area contributed by atoms with Crippen molar-refractivity contribution in [1.82, 2.24) is 24.1 Å². The van der Waals surface area contributed by atoms with Crippen molar-refractivity contribution in [3.8, 4) is 5.82 Å². The molecule has 0 bridgehead atoms. The Morgan fingerprint density at radius 2 is 1.79 bits per heavy atom. The zero-order valence-corrected chi connectivity index (χ0v) is 16.0. The van der Waals surface area contributed by atoms with Crippen molar-refractivity contribution in [2.24, 2.45) is 0 Å². The molecule has 1 aromatic carbocycles. The van der Waals surface area contributed by atoms with Gasteiger partial charge in [-0.05, 0) is 30.7 Å². The van der Waals surface area contributed by atoms with E-state index in [9.17, 15) is 12.8 Å². The molecule has 28 heavy (non-hydrogen) atoms. The molecule has 1 saturated heterocycles. The molecular weight excluding hydrogens is 383 g/mol. The average Bonchev–Trinajstić information content (AvgIpc) is 3.25. The minimum Gasteiger partial charge on any atom is -0.354 e. The number of nitrogens with zero attached hydrogens (tertiary/aromatic N) is 6. The molecule has 0 atom stereocenters. The topological polar surface area (TPSA) is 84.2 Å². The van der Waals surface area contributed by atoms with E-state index >= 15 is 0 Å². The van der Waals surface area contributed by atoms with Crippen molar-refractivity contribution < 1.29 is 12.8 Å². The van der Waals surface area contributed by atoms with Gasteiger partial charge in [0.1, 0.15) is 18.0 Å². The molecule has 1 aliphatic rings. The second-order valence-electron chi connectivity index (χ2n) is 6.49. The predicted molar refractivity (Wildman–Crippen MR) is 101 cm³/mol. The molecule has 1 aliphatic heterocycles. The van der Waals surface area contributed by atoms with Crippen molar-refractivity contribution in [1.29, 1.82) is 0 Å². The van der Waals surface area contributed by atoms with E-state index in [2.05, 4.69) is 15.1 Å². The average molecular weight is 402 g/mol. The van der Waals surface area contributed by atoms with Crippen molar-refractivity contribution in [3.63, 3.8) is 0 Å². The molecule has 3 heterocycles. The number of aryl methyl sites for hydroxylation is 1. The summed E-state index contributed by atoms with van der Waals surface area (Å²) in [5.41, 5.74) is 0.531. The number of halogens is 1. The fourth-order valence-electron chi connectivity index (χ4n) is 3.19. The Hall–Kier alpha value is -2.85. The van der Waals surface area contributed by atoms with Crippen molar-refractivity contribution >= 4 is 15.8 Å². The second kappa shape index (κ2) is 7.28. The molecule has 10 heteroatoms. The summed E-state index contributed by atoms with van der Waals surface area (Å²) in [6, 6.07) is 7.44. The van der Waals surface area contributed by atoms with Crippen LogP contribution in [0.15, 0.2) is 53.9 Å². The molecule has 3 aromatic rings. The van der Waals surface area contributed by atoms with Crippen LogP contribution in [-0.2, 0) is 10.0 Å². The van der Waals surface area contributed by atoms with E-state index in [4.69, 9.17) is 0 Å². The summed E-state index contributed by atoms with van der Waals surface area (Å²) >= 11 is 0. The van der Waals surface area contributed by atoms with E-state index in [0.717, 1.165) is 6.07 Å². The van der Waals surface area contributed by atoms with Crippen LogP contribution in [0, 0.1) is 12.7 Å². The summed E-state index contributed by atoms with van der Waals surface area (Å²) in [5.74, 6) is 0.787. The van der Waals surface area contributed by atoms with Crippen LogP contribution >= 0.6 is 0 Å². The Balaban J connectivity index is 1.51. The summed E-state index contributed by atoms with van der Waals surface area (Å²) in [4.78, 5) is 10.5. The highest BCUT2D eigenvalue weighted by Crippen LogP contribution is 2.23. The summed E-state index contributed by atoms with van der Waals surface area (Å²) in [7, 11) is -3.74. The molecule has 0 N–H and O–H groups in total. The number of anilines is 1. The summed E-state index contributed by atoms with van der Waals surface area (Å²) in [6.07, 6.45) is 4.92. The fraction of sp³-hybridized carbons (Fsp3) is 0.278. The standard InChI is InChI=1S/C18H19FN6O2S/c1-14-3-4-15(19)11-16(14)28(26,27)24-9-7-23(8-10-24)17-12-18(21-13-20-17)25-6-2-5-22-25/h2-6,11-13H,7-10H2,1H3. The highest BCUT2D eigenvalue weighted by molar-refractivity contribution is 7.89. The van der Waals surface area contributed by atoms with Crippen LogP contribution in [0.4, 0.5) is 10.2 Å². The third-order valence-electron chi connectivity index (χ3n) is 4.71. The SMILES string of the molecule is Cc1ccc(F)cc1S(=O)(=O)N1CCN(c2cc(-n3cccn3)ncn2)CC1. The first-order chi connectivity index (χ1) is 13.4. The normalized spacial score (nSPS) is 15.7. The molecule has 146 valence electrons. The minimum atomic E-state index is -3.74. The van der Waals surface area contributed by atoms with E-state index in [0.29, 0.717) is 43.4 Å². The highest BCUT2D eigenvalue weighted by atomic mass is 32.2. The molecule has 0 unspecified atom stereocenters. The van der Waals surface area contributed by atoms with Gasteiger partial charge in [0, 0.05) is 44.6 Å². The largest absolute Gasteiger partial charge is 0.354 e. The molecule has 2 aromatic heterocycles. The molecule has 0 amide bonds. The lowest BCUT2D eigenvalue weighted by molar-refractivity contribution is 0.383. The van der Waals surface area contributed by atoms with E-state index < -0.39 is 15.8 Å². The Morgan fingerprint density at radius 1 is 1.04 bits per heavy atom. The van der Waals surface area contributed by atoms with Crippen LogP contribution < -0.4 is 4.90 Å². The van der Waals surface area contributed by atoms with Crippen LogP contribution in [-0.4, -0.2) is 58.7 Å². The van der Waals surface area contributed by atoms with Crippen LogP contribution in [0.1, 0.15) is 5.56 Å². The van der Waals surface area contributed by atoms with Gasteiger partial charge in [-0.25, -0.2) is 27.5 Å². The highest BCUT2D eigenvalue weighted by Gasteiger charge is 2.30. The Morgan fingerprint density at radius 3 is 2.50 bits per heavy atom. The van der Waals surface area contributed by atoms with E-state index in [1.54, 1.807) is 30.1 Å². The van der Waals surface area contributed by atoms with Crippen LogP contribution in [0.5, 0.6) is 0 Å². The predicted octanol–water partition coefficient (Wildman–Crippen LogP) is 1.62. The van der Waals surface area contributed by atoms with Gasteiger partial charge >= 0.3 is 0 Å². The number of rotatable bonds is 4. The first-order valence-electron chi connectivity index (χ1n) is 8.78. The quantitative estimate of drug-likeness (QED) is 0.659. The van der Waals surface area contributed by atoms with Gasteiger partial charge in [-0.1, -0.05) is 6.07 Å². The summed E-state index contributed by atoms with van der Waals surface area (Å²) in [5, 5.41) is 4.16. The van der Waals surface area contributed by atoms with Crippen LogP contribution in [0.2, 0.25) is 0 Å². The molecule has 0 radical (unpaired) electrons. The first kappa shape index (κ1) is 18.5. The number of piperazine rings is 1. The van der Waals surface area contributed by atoms with Crippen LogP contribution in [0.3, 0.4) is 0 Å². The fourth-order valence-corrected chi connectivity index (χ4v) is 4.85. The van der Waals surface area contributed by atoms with Crippen molar-refractivity contribution in [2.45, 2.75) is 11.8 Å². The van der Waals surface area contributed by atoms with Crippen molar-refractivity contribution in [3.05, 3.63) is 60.4 Å². The monoisotopic (exact) mass is 402 g/mol. The van der Waals surface area contributed by atoms with E-state index in [-0.39, 0.29) is 4.90 Å². The first-order valence-corrected chi connectivity index (χ1v) is 10.2. The molecule has 0 saturated carbocycles. The lowest BCUT2D eigenvalue weighted by Gasteiger charge is -2.34. The van der Waals surface area contributed by atoms with Gasteiger partial charge in [-0.15, -0.1) is 0 Å². The lowest BCUT2D eigenvalue weighted by Crippen LogP contribution is -2.49. The van der Waals surface area contributed by atoms with Gasteiger partial charge in [0.25, 0.3) is 0 Å². The van der Waals surface area contributed by atoms with Gasteiger partial charge in [0.2, 0.25) is 10.0 Å². The number of benzene rings is 1. The van der Waals surface area contributed by atoms with Gasteiger partial charge in [0.05, 0.1) is 4.90 Å². The van der Waals surface area contributed by atoms with Gasteiger partial charge in [-0.2, -0.15) is 9.40 Å². The zero-order chi connectivity index (χ0) is 19.7. The Bertz CT molecular complexity index is 1080. The van der Waals surface area contributed by atoms with E-state index in [1.165, 1.54) is 22.8 Å². The third kappa shape index (κ3) is 3.48. The molecule has 8 nitrogen and oxygen atoms in total. The Kier molecular flexibility index (Phi) is 4.82. The minimum absolute atomic E-state index is 0.0176. The number of hydrogen-bond acceptors (Lipinski definition) is 6. The molecule has 1 fully saturated rings. The maximum Gasteiger partial charge on any atom is 0.243 e. The number of hydrogen-bond donors (Lipinski definition) is 0. The summed E-state index contributed by atoms with van der Waals surface area (Å²) in [6.45, 7) is 3.20. The molecule has 0 spiro atoms. The maximum absolute atomic E-state index is 13.6. The molecule has 4 rings (SSSR count). The number of aromatic nitrogens is 4. The summed E-state index contributed by atoms with van der Waals surface area (Å²) < 4.78 is 42.4. The van der Waals surface area contributed by atoms with Gasteiger partial charge in [-0.3, -0.25) is 0 Å². The van der Waals surface area contributed by atoms with Gasteiger partial charge < -0.3 is 4.90 Å². The Labute approximate surface area is 162 Å².